The van der Waals surface area contributed by atoms with Gasteiger partial charge in [0.15, 0.2) is 15.4 Å². The quantitative estimate of drug-likeness (QED) is 0.0394. The summed E-state index contributed by atoms with van der Waals surface area (Å²) in [5, 5.41) is 35.0. The number of amides is 3. The SMILES string of the molecule is CC(C)N1CC2(CN(c3sc(NC(=O)c4cnc(N5CCC(C(=O)O)CC5)c(Cl)c4)nc3-c3cc(Cl)cs3)C2)C1.CCOC(=O)C1CCN(c2ncc(C(=O)Nc3nc(-c4cc(Cl)cs4)c(N4CC5(C4)CN(C(C)C)C5)s3)cc2Cl)CC1.CCOC(=O)C1CCN(c2ncc(C(=O)Nc3nc(-c4cc(Cl)cs4)c(N4CC5(CNC5)C4)s3)cc2Cl)CC1. The van der Waals surface area contributed by atoms with Crippen molar-refractivity contribution in [2.45, 2.75) is 92.2 Å². The molecule has 18 rings (SSSR count). The van der Waals surface area contributed by atoms with E-state index in [4.69, 9.17) is 94.0 Å². The third-order valence-corrected chi connectivity index (χ3v) is 31.5. The number of nitrogens with zero attached hydrogens (tertiary/aromatic N) is 14. The number of carboxylic acids is 1. The summed E-state index contributed by atoms with van der Waals surface area (Å²) in [7, 11) is 0. The molecule has 3 spiro atoms. The minimum atomic E-state index is -0.768. The lowest BCUT2D eigenvalue weighted by Gasteiger charge is -2.61. The third-order valence-electron chi connectivity index (χ3n) is 23.8. The van der Waals surface area contributed by atoms with E-state index >= 15 is 0 Å². The lowest BCUT2D eigenvalue weighted by Crippen LogP contribution is -2.73. The highest BCUT2D eigenvalue weighted by molar-refractivity contribution is 7.22. The molecule has 5 N–H and O–H groups in total. The summed E-state index contributed by atoms with van der Waals surface area (Å²) in [5.41, 5.74) is 4.61. The number of carboxylic acid groups (broad SMARTS) is 1. The predicted octanol–water partition coefficient (Wildman–Crippen LogP) is 16.8. The molecule has 27 nitrogen and oxygen atoms in total. The number of aromatic nitrogens is 6. The maximum absolute atomic E-state index is 13.3. The number of rotatable bonds is 22. The molecule has 642 valence electrons. The Labute approximate surface area is 755 Å². The normalized spacial score (nSPS) is 18.8. The van der Waals surface area contributed by atoms with Gasteiger partial charge in [0.2, 0.25) is 0 Å². The van der Waals surface area contributed by atoms with Crippen LogP contribution < -0.4 is 50.7 Å². The number of thiophene rings is 3. The molecule has 9 fully saturated rings. The zero-order valence-corrected chi connectivity index (χ0v) is 76.8. The fourth-order valence-corrected chi connectivity index (χ4v) is 24.3. The molecule has 0 aromatic carbocycles. The predicted molar refractivity (Wildman–Crippen MR) is 489 cm³/mol. The topological polar surface area (TPSA) is 292 Å². The summed E-state index contributed by atoms with van der Waals surface area (Å²) >= 11 is 47.5. The lowest BCUT2D eigenvalue weighted by molar-refractivity contribution is -0.149. The van der Waals surface area contributed by atoms with Gasteiger partial charge in [-0.3, -0.25) is 54.5 Å². The average Bonchev–Trinajstić information content (AvgIpc) is 1.69. The van der Waals surface area contributed by atoms with Crippen molar-refractivity contribution < 1.29 is 43.3 Å². The van der Waals surface area contributed by atoms with Gasteiger partial charge >= 0.3 is 17.9 Å². The Hall–Kier alpha value is -7.32. The molecule has 0 saturated carbocycles. The number of thiazole rings is 3. The van der Waals surface area contributed by atoms with Crippen LogP contribution in [0.5, 0.6) is 0 Å². The molecule has 39 heteroatoms. The number of hydrogen-bond acceptors (Lipinski definition) is 29. The Balaban J connectivity index is 0.000000135. The maximum atomic E-state index is 13.3. The van der Waals surface area contributed by atoms with Gasteiger partial charge in [0.1, 0.15) is 49.5 Å². The number of piperidine rings is 3. The van der Waals surface area contributed by atoms with Gasteiger partial charge in [-0.1, -0.05) is 104 Å². The van der Waals surface area contributed by atoms with E-state index < -0.39 is 5.97 Å². The molecule has 9 aliphatic rings. The Morgan fingerprint density at radius 3 is 0.992 bits per heavy atom. The van der Waals surface area contributed by atoms with Crippen molar-refractivity contribution in [2.75, 3.05) is 176 Å². The summed E-state index contributed by atoms with van der Waals surface area (Å²) in [6, 6.07) is 11.8. The molecule has 9 aromatic heterocycles. The molecule has 0 bridgehead atoms. The fraction of sp³-hybridized carbons (Fsp3) is 0.488. The summed E-state index contributed by atoms with van der Waals surface area (Å²) in [6.07, 6.45) is 8.36. The van der Waals surface area contributed by atoms with Gasteiger partial charge in [-0.25, -0.2) is 29.9 Å². The summed E-state index contributed by atoms with van der Waals surface area (Å²) in [6.45, 7) is 29.5. The lowest BCUT2D eigenvalue weighted by atomic mass is 9.72. The van der Waals surface area contributed by atoms with Crippen molar-refractivity contribution >= 4 is 221 Å². The third kappa shape index (κ3) is 19.1. The number of carbonyl (C=O) groups excluding carboxylic acids is 5. The van der Waals surface area contributed by atoms with Crippen LogP contribution in [0.1, 0.15) is 111 Å². The van der Waals surface area contributed by atoms with Crippen LogP contribution in [-0.4, -0.2) is 224 Å². The Morgan fingerprint density at radius 1 is 0.446 bits per heavy atom. The molecule has 121 heavy (non-hydrogen) atoms. The molecule has 9 saturated heterocycles. The first-order chi connectivity index (χ1) is 58.1. The molecule has 3 amide bonds. The smallest absolute Gasteiger partial charge is 0.309 e. The molecule has 0 aliphatic carbocycles. The van der Waals surface area contributed by atoms with E-state index in [9.17, 15) is 33.9 Å². The van der Waals surface area contributed by atoms with Crippen LogP contribution in [0.15, 0.2) is 71.1 Å². The summed E-state index contributed by atoms with van der Waals surface area (Å²) in [5.74, 6) is -0.799. The van der Waals surface area contributed by atoms with Crippen molar-refractivity contribution in [1.29, 1.82) is 0 Å². The van der Waals surface area contributed by atoms with Crippen molar-refractivity contribution in [3.05, 3.63) is 118 Å². The number of halogens is 6. The molecule has 9 aromatic rings. The summed E-state index contributed by atoms with van der Waals surface area (Å²) < 4.78 is 10.3. The van der Waals surface area contributed by atoms with Gasteiger partial charge in [-0.15, -0.1) is 34.0 Å². The number of aliphatic carboxylic acids is 1. The second-order valence-corrected chi connectivity index (χ2v) is 41.3. The molecule has 18 heterocycles. The summed E-state index contributed by atoms with van der Waals surface area (Å²) in [4.78, 5) is 124. The molecular weight excluding hydrogens is 1790 g/mol. The van der Waals surface area contributed by atoms with E-state index in [0.717, 1.165) is 125 Å². The average molecular weight is 1880 g/mol. The molecule has 0 unspecified atom stereocenters. The van der Waals surface area contributed by atoms with Crippen LogP contribution in [0.2, 0.25) is 30.1 Å². The van der Waals surface area contributed by atoms with Gasteiger partial charge in [-0.2, -0.15) is 0 Å². The maximum Gasteiger partial charge on any atom is 0.309 e. The Kier molecular flexibility index (Phi) is 26.4. The largest absolute Gasteiger partial charge is 0.481 e. The van der Waals surface area contributed by atoms with Gasteiger partial charge in [0.05, 0.1) is 92.4 Å². The highest BCUT2D eigenvalue weighted by Gasteiger charge is 2.55. The second kappa shape index (κ2) is 36.7. The first-order valence-electron chi connectivity index (χ1n) is 40.5. The van der Waals surface area contributed by atoms with E-state index in [2.05, 4.69) is 88.4 Å². The second-order valence-electron chi connectivity index (χ2n) is 33.2. The van der Waals surface area contributed by atoms with E-state index in [-0.39, 0.29) is 47.4 Å². The zero-order valence-electron chi connectivity index (χ0n) is 67.4. The van der Waals surface area contributed by atoms with Crippen molar-refractivity contribution in [3.63, 3.8) is 0 Å². The van der Waals surface area contributed by atoms with Crippen LogP contribution in [0, 0.1) is 34.0 Å². The van der Waals surface area contributed by atoms with Crippen LogP contribution in [0.3, 0.4) is 0 Å². The van der Waals surface area contributed by atoms with Crippen LogP contribution in [0.4, 0.5) is 47.9 Å². The van der Waals surface area contributed by atoms with E-state index in [1.54, 1.807) is 47.1 Å². The van der Waals surface area contributed by atoms with Gasteiger partial charge in [0.25, 0.3) is 17.7 Å². The molecule has 0 radical (unpaired) electrons. The first kappa shape index (κ1) is 87.2. The minimum absolute atomic E-state index is 0.101. The monoisotopic (exact) mass is 1870 g/mol. The van der Waals surface area contributed by atoms with Crippen LogP contribution in [0.25, 0.3) is 31.7 Å². The number of ether oxygens (including phenoxy) is 2. The number of esters is 2. The van der Waals surface area contributed by atoms with Gasteiger partial charge < -0.3 is 49.3 Å². The number of hydrogen-bond donors (Lipinski definition) is 5. The number of likely N-dealkylation sites (tertiary alicyclic amines) is 2. The van der Waals surface area contributed by atoms with Crippen LogP contribution >= 0.6 is 138 Å². The number of carbonyl (C=O) groups is 6. The zero-order chi connectivity index (χ0) is 84.9. The van der Waals surface area contributed by atoms with E-state index in [0.29, 0.717) is 199 Å². The molecule has 9 aliphatic heterocycles. The van der Waals surface area contributed by atoms with Crippen molar-refractivity contribution in [3.8, 4) is 31.7 Å². The van der Waals surface area contributed by atoms with E-state index in [1.165, 1.54) is 57.7 Å². The standard InChI is InChI=1S/C29H34Cl2N6O3S2.C27H30Cl2N6O3S2.C26H28Cl2N6O3S2/c1-4-40-27(39)18-5-7-35(8-6-18)24-21(31)9-19(11-32-24)25(38)34-28-33-23(22-10-20(30)12-41-22)26(42-28)37-15-29(16-37)13-36(14-29)17(2)3;1-15(2)34-11-27(12-34)13-35(14-27)24-21(20-8-18(28)10-39-20)31-26(40-24)32-23(36)17-7-19(29)22(30-9-17)33-5-3-16(4-6-33)25(37)38;1-2-37-24(36)15-3-5-33(6-4-15)21-18(28)7-16(9-30-21)22(35)32-25-31-20(19-8-17(27)10-38-19)23(39-25)34-13-26(14-34)11-29-12-26/h9-12,17-18H,4-8,13-16H2,1-3H3,(H,33,34,38);7-10,15-16H,3-6,11-14H2,1-2H3,(H,37,38)(H,31,32,36);7-10,15,29H,2-6,11-14H2,1H3,(H,31,32,35). The molecular formula is C82H92Cl6N18O9S6. The highest BCUT2D eigenvalue weighted by atomic mass is 35.5. The van der Waals surface area contributed by atoms with E-state index in [1.807, 2.05) is 62.9 Å². The van der Waals surface area contributed by atoms with Gasteiger partial charge in [-0.05, 0) is 116 Å². The first-order valence-corrected chi connectivity index (χ1v) is 47.9. The van der Waals surface area contributed by atoms with Crippen LogP contribution in [-0.2, 0) is 23.9 Å². The Bertz CT molecular complexity index is 5320. The Morgan fingerprint density at radius 2 is 0.744 bits per heavy atom. The minimum Gasteiger partial charge on any atom is -0.481 e. The number of anilines is 9. The molecule has 0 atom stereocenters. The fourth-order valence-electron chi connectivity index (χ4n) is 17.1. The van der Waals surface area contributed by atoms with Crippen molar-refractivity contribution in [1.82, 2.24) is 45.0 Å². The van der Waals surface area contributed by atoms with Crippen molar-refractivity contribution in [2.24, 2.45) is 34.0 Å². The van der Waals surface area contributed by atoms with Gasteiger partial charge in [0, 0.05) is 181 Å². The number of pyridine rings is 3. The number of nitrogens with one attached hydrogen (secondary N) is 4. The highest BCUT2D eigenvalue weighted by Crippen LogP contribution is 2.53.